The number of benzene rings is 2. The van der Waals surface area contributed by atoms with Crippen LogP contribution in [-0.2, 0) is 0 Å². The molecular formula is C28H34F2. The molecule has 0 unspecified atom stereocenters. The van der Waals surface area contributed by atoms with Crippen molar-refractivity contribution in [3.63, 3.8) is 0 Å². The molecule has 0 aromatic heterocycles. The van der Waals surface area contributed by atoms with E-state index in [9.17, 15) is 8.78 Å². The zero-order chi connectivity index (χ0) is 20.9. The summed E-state index contributed by atoms with van der Waals surface area (Å²) in [5, 5.41) is 0. The molecule has 2 fully saturated rings. The fraction of sp³-hybridized carbons (Fsp3) is 0.500. The van der Waals surface area contributed by atoms with Gasteiger partial charge < -0.3 is 0 Å². The lowest BCUT2D eigenvalue weighted by Gasteiger charge is -2.31. The summed E-state index contributed by atoms with van der Waals surface area (Å²) in [7, 11) is 0. The van der Waals surface area contributed by atoms with E-state index in [0.29, 0.717) is 5.92 Å². The first-order valence-corrected chi connectivity index (χ1v) is 11.8. The zero-order valence-corrected chi connectivity index (χ0v) is 18.0. The van der Waals surface area contributed by atoms with Crippen LogP contribution >= 0.6 is 0 Å². The first-order valence-electron chi connectivity index (χ1n) is 11.8. The molecule has 0 radical (unpaired) electrons. The molecule has 2 aliphatic carbocycles. The summed E-state index contributed by atoms with van der Waals surface area (Å²) in [6.45, 7) is 3.96. The Morgan fingerprint density at radius 3 is 1.83 bits per heavy atom. The monoisotopic (exact) mass is 408 g/mol. The highest BCUT2D eigenvalue weighted by molar-refractivity contribution is 5.63. The molecule has 2 heteroatoms. The Bertz CT molecular complexity index is 822. The van der Waals surface area contributed by atoms with Crippen LogP contribution in [-0.4, -0.2) is 0 Å². The molecule has 2 saturated carbocycles. The van der Waals surface area contributed by atoms with E-state index in [1.165, 1.54) is 81.9 Å². The number of rotatable bonds is 6. The minimum Gasteiger partial charge on any atom is -0.204 e. The summed E-state index contributed by atoms with van der Waals surface area (Å²) in [4.78, 5) is 0. The molecule has 2 aromatic rings. The van der Waals surface area contributed by atoms with Crippen LogP contribution in [0.5, 0.6) is 0 Å². The van der Waals surface area contributed by atoms with Gasteiger partial charge in [0.25, 0.3) is 0 Å². The number of halogens is 2. The lowest BCUT2D eigenvalue weighted by molar-refractivity contribution is 0.246. The standard InChI is InChI=1S/C28H34F2/c1-2-20-3-5-21(6-4-20)7-8-22-9-11-23(12-10-22)24-13-15-25(16-14-24)26-17-18-27(29)28(30)19-26/h2,13-23H,1,3-12H2/t20-,21-,22?,23?. The van der Waals surface area contributed by atoms with Crippen molar-refractivity contribution in [2.45, 2.75) is 70.1 Å². The average molecular weight is 409 g/mol. The third kappa shape index (κ3) is 5.20. The van der Waals surface area contributed by atoms with Crippen LogP contribution in [0.25, 0.3) is 11.1 Å². The molecule has 2 aromatic carbocycles. The molecule has 160 valence electrons. The Hall–Kier alpha value is -1.96. The number of hydrogen-bond donors (Lipinski definition) is 0. The fourth-order valence-corrected chi connectivity index (χ4v) is 5.59. The summed E-state index contributed by atoms with van der Waals surface area (Å²) >= 11 is 0. The Kier molecular flexibility index (Phi) is 7.02. The second-order valence-electron chi connectivity index (χ2n) is 9.56. The maximum Gasteiger partial charge on any atom is 0.159 e. The summed E-state index contributed by atoms with van der Waals surface area (Å²) < 4.78 is 26.7. The van der Waals surface area contributed by atoms with E-state index in [1.807, 2.05) is 12.1 Å². The Morgan fingerprint density at radius 2 is 1.27 bits per heavy atom. The first-order chi connectivity index (χ1) is 14.6. The minimum atomic E-state index is -0.795. The normalized spacial score (nSPS) is 27.0. The molecule has 0 heterocycles. The van der Waals surface area contributed by atoms with Gasteiger partial charge in [-0.05, 0) is 104 Å². The van der Waals surface area contributed by atoms with Crippen LogP contribution < -0.4 is 0 Å². The summed E-state index contributed by atoms with van der Waals surface area (Å²) in [6, 6.07) is 12.6. The molecule has 0 N–H and O–H groups in total. The van der Waals surface area contributed by atoms with Gasteiger partial charge in [-0.3, -0.25) is 0 Å². The van der Waals surface area contributed by atoms with Crippen molar-refractivity contribution < 1.29 is 8.78 Å². The molecule has 0 aliphatic heterocycles. The van der Waals surface area contributed by atoms with Gasteiger partial charge >= 0.3 is 0 Å². The highest BCUT2D eigenvalue weighted by atomic mass is 19.2. The van der Waals surface area contributed by atoms with Crippen molar-refractivity contribution in [2.75, 3.05) is 0 Å². The van der Waals surface area contributed by atoms with Crippen molar-refractivity contribution in [3.8, 4) is 11.1 Å². The van der Waals surface area contributed by atoms with Crippen LogP contribution in [0.15, 0.2) is 55.1 Å². The molecule has 0 saturated heterocycles. The first kappa shape index (κ1) is 21.3. The molecular weight excluding hydrogens is 374 g/mol. The van der Waals surface area contributed by atoms with E-state index >= 15 is 0 Å². The molecule has 0 amide bonds. The van der Waals surface area contributed by atoms with E-state index in [0.717, 1.165) is 28.9 Å². The lowest BCUT2D eigenvalue weighted by Crippen LogP contribution is -2.17. The van der Waals surface area contributed by atoms with Gasteiger partial charge in [-0.25, -0.2) is 8.78 Å². The van der Waals surface area contributed by atoms with Gasteiger partial charge in [0.15, 0.2) is 11.6 Å². The van der Waals surface area contributed by atoms with E-state index in [2.05, 4.69) is 24.8 Å². The minimum absolute atomic E-state index is 0.642. The largest absolute Gasteiger partial charge is 0.204 e. The van der Waals surface area contributed by atoms with Gasteiger partial charge in [0.2, 0.25) is 0 Å². The third-order valence-electron chi connectivity index (χ3n) is 7.69. The smallest absolute Gasteiger partial charge is 0.159 e. The fourth-order valence-electron chi connectivity index (χ4n) is 5.59. The van der Waals surface area contributed by atoms with Gasteiger partial charge in [0, 0.05) is 0 Å². The van der Waals surface area contributed by atoms with Gasteiger partial charge in [-0.15, -0.1) is 6.58 Å². The van der Waals surface area contributed by atoms with E-state index in [4.69, 9.17) is 0 Å². The van der Waals surface area contributed by atoms with E-state index < -0.39 is 11.6 Å². The summed E-state index contributed by atoms with van der Waals surface area (Å²) in [5.41, 5.74) is 3.06. The molecule has 0 nitrogen and oxygen atoms in total. The highest BCUT2D eigenvalue weighted by Gasteiger charge is 2.24. The highest BCUT2D eigenvalue weighted by Crippen LogP contribution is 2.40. The molecule has 0 spiro atoms. The Labute approximate surface area is 180 Å². The van der Waals surface area contributed by atoms with Crippen molar-refractivity contribution in [3.05, 3.63) is 72.3 Å². The van der Waals surface area contributed by atoms with Crippen molar-refractivity contribution in [1.29, 1.82) is 0 Å². The third-order valence-corrected chi connectivity index (χ3v) is 7.69. The molecule has 2 aliphatic rings. The quantitative estimate of drug-likeness (QED) is 0.419. The summed E-state index contributed by atoms with van der Waals surface area (Å²) in [6.07, 6.45) is 15.7. The van der Waals surface area contributed by atoms with Crippen LogP contribution in [0.2, 0.25) is 0 Å². The second-order valence-corrected chi connectivity index (χ2v) is 9.56. The molecule has 30 heavy (non-hydrogen) atoms. The average Bonchev–Trinajstić information content (AvgIpc) is 2.80. The molecule has 0 atom stereocenters. The topological polar surface area (TPSA) is 0 Å². The van der Waals surface area contributed by atoms with Gasteiger partial charge in [-0.2, -0.15) is 0 Å². The maximum absolute atomic E-state index is 13.5. The SMILES string of the molecule is C=C[C@H]1CC[C@H](CCC2CCC(c3ccc(-c4ccc(F)c(F)c4)cc3)CC2)CC1. The van der Waals surface area contributed by atoms with Crippen LogP contribution in [0.3, 0.4) is 0 Å². The summed E-state index contributed by atoms with van der Waals surface area (Å²) in [5.74, 6) is 1.68. The van der Waals surface area contributed by atoms with E-state index in [-0.39, 0.29) is 0 Å². The van der Waals surface area contributed by atoms with Crippen LogP contribution in [0.4, 0.5) is 8.78 Å². The van der Waals surface area contributed by atoms with Gasteiger partial charge in [0.1, 0.15) is 0 Å². The van der Waals surface area contributed by atoms with Crippen LogP contribution in [0.1, 0.15) is 75.7 Å². The zero-order valence-electron chi connectivity index (χ0n) is 18.0. The van der Waals surface area contributed by atoms with Gasteiger partial charge in [-0.1, -0.05) is 49.2 Å². The maximum atomic E-state index is 13.5. The second kappa shape index (κ2) is 9.90. The number of allylic oxidation sites excluding steroid dienone is 1. The van der Waals surface area contributed by atoms with Crippen molar-refractivity contribution >= 4 is 0 Å². The van der Waals surface area contributed by atoms with Crippen molar-refractivity contribution in [1.82, 2.24) is 0 Å². The molecule has 0 bridgehead atoms. The van der Waals surface area contributed by atoms with Crippen LogP contribution in [0, 0.1) is 29.4 Å². The predicted octanol–water partition coefficient (Wildman–Crippen LogP) is 8.68. The predicted molar refractivity (Wildman–Crippen MR) is 121 cm³/mol. The number of hydrogen-bond acceptors (Lipinski definition) is 0. The lowest BCUT2D eigenvalue weighted by atomic mass is 9.74. The van der Waals surface area contributed by atoms with E-state index in [1.54, 1.807) is 6.07 Å². The Balaban J connectivity index is 1.25. The van der Waals surface area contributed by atoms with Crippen molar-refractivity contribution in [2.24, 2.45) is 17.8 Å². The Morgan fingerprint density at radius 1 is 0.700 bits per heavy atom. The van der Waals surface area contributed by atoms with Gasteiger partial charge in [0.05, 0.1) is 0 Å². The molecule has 4 rings (SSSR count).